The van der Waals surface area contributed by atoms with Gasteiger partial charge in [-0.15, -0.1) is 0 Å². The summed E-state index contributed by atoms with van der Waals surface area (Å²) in [7, 11) is -8.30. The molecule has 2 aromatic carbocycles. The van der Waals surface area contributed by atoms with E-state index in [1.807, 2.05) is 6.07 Å². The molecule has 0 spiro atoms. The molecule has 29 heavy (non-hydrogen) atoms. The molecule has 5 nitrogen and oxygen atoms in total. The number of alkyl halides is 3. The highest BCUT2D eigenvalue weighted by Gasteiger charge is 2.52. The standard InChI is InChI=1S/C19H21F3O5S2/c20-19(21,22)29(23,24)27-28(11-1-2-12-28)17-6-3-5-14-13-15(8-9-16(14)17)26-18-7-4-10-25-18/h3,5-6,8-9,13,18H,1-2,4,7,10-12H2. The third-order valence-electron chi connectivity index (χ3n) is 5.07. The summed E-state index contributed by atoms with van der Waals surface area (Å²) in [6.07, 6.45) is 2.68. The lowest BCUT2D eigenvalue weighted by Gasteiger charge is -2.35. The minimum Gasteiger partial charge on any atom is -0.465 e. The Hall–Kier alpha value is -1.49. The maximum atomic E-state index is 13.0. The quantitative estimate of drug-likeness (QED) is 0.594. The van der Waals surface area contributed by atoms with Crippen molar-refractivity contribution >= 4 is 31.2 Å². The Kier molecular flexibility index (Phi) is 5.47. The summed E-state index contributed by atoms with van der Waals surface area (Å²) in [6, 6.07) is 10.5. The molecule has 2 aromatic rings. The molecule has 0 amide bonds. The van der Waals surface area contributed by atoms with Crippen LogP contribution < -0.4 is 4.74 Å². The highest BCUT2D eigenvalue weighted by Crippen LogP contribution is 2.65. The van der Waals surface area contributed by atoms with Crippen molar-refractivity contribution < 1.29 is 34.7 Å². The molecule has 0 saturated carbocycles. The normalized spacial score (nSPS) is 23.3. The van der Waals surface area contributed by atoms with E-state index in [1.54, 1.807) is 30.3 Å². The molecule has 2 aliphatic heterocycles. The van der Waals surface area contributed by atoms with Crippen molar-refractivity contribution in [2.75, 3.05) is 18.1 Å². The number of benzene rings is 2. The molecule has 2 fully saturated rings. The van der Waals surface area contributed by atoms with Gasteiger partial charge < -0.3 is 9.47 Å². The smallest absolute Gasteiger partial charge is 0.465 e. The molecule has 0 aliphatic carbocycles. The molecule has 0 bridgehead atoms. The zero-order valence-electron chi connectivity index (χ0n) is 15.5. The number of halogens is 3. The Bertz CT molecular complexity index is 995. The first-order valence-corrected chi connectivity index (χ1v) is 12.6. The van der Waals surface area contributed by atoms with Gasteiger partial charge in [-0.3, -0.25) is 0 Å². The first-order valence-electron chi connectivity index (χ1n) is 9.32. The fourth-order valence-electron chi connectivity index (χ4n) is 3.73. The van der Waals surface area contributed by atoms with Gasteiger partial charge in [0.1, 0.15) is 5.75 Å². The van der Waals surface area contributed by atoms with Gasteiger partial charge in [0.25, 0.3) is 0 Å². The number of hydrogen-bond donors (Lipinski definition) is 0. The molecule has 1 unspecified atom stereocenters. The third kappa shape index (κ3) is 4.08. The fraction of sp³-hybridized carbons (Fsp3) is 0.474. The second kappa shape index (κ2) is 7.64. The molecule has 0 radical (unpaired) electrons. The van der Waals surface area contributed by atoms with Crippen molar-refractivity contribution in [3.8, 4) is 5.75 Å². The second-order valence-corrected chi connectivity index (χ2v) is 11.9. The predicted molar refractivity (Wildman–Crippen MR) is 104 cm³/mol. The van der Waals surface area contributed by atoms with E-state index in [-0.39, 0.29) is 17.8 Å². The van der Waals surface area contributed by atoms with E-state index in [9.17, 15) is 21.6 Å². The highest BCUT2D eigenvalue weighted by molar-refractivity contribution is 8.33. The first-order chi connectivity index (χ1) is 13.7. The van der Waals surface area contributed by atoms with Gasteiger partial charge in [0.15, 0.2) is 6.29 Å². The van der Waals surface area contributed by atoms with Crippen LogP contribution in [0.4, 0.5) is 13.2 Å². The van der Waals surface area contributed by atoms with Gasteiger partial charge in [0, 0.05) is 22.8 Å². The van der Waals surface area contributed by atoms with Crippen molar-refractivity contribution in [2.24, 2.45) is 0 Å². The Morgan fingerprint density at radius 2 is 1.83 bits per heavy atom. The van der Waals surface area contributed by atoms with Gasteiger partial charge in [-0.2, -0.15) is 21.6 Å². The van der Waals surface area contributed by atoms with Gasteiger partial charge in [-0.25, -0.2) is 3.63 Å². The van der Waals surface area contributed by atoms with Gasteiger partial charge >= 0.3 is 15.6 Å². The molecule has 1 atom stereocenters. The van der Waals surface area contributed by atoms with Crippen molar-refractivity contribution in [1.82, 2.24) is 0 Å². The van der Waals surface area contributed by atoms with Crippen LogP contribution in [0.3, 0.4) is 0 Å². The average Bonchev–Trinajstić information content (AvgIpc) is 3.32. The molecule has 0 N–H and O–H groups in total. The molecule has 10 heteroatoms. The summed E-state index contributed by atoms with van der Waals surface area (Å²) in [5.74, 6) is 1.17. The van der Waals surface area contributed by atoms with Gasteiger partial charge in [-0.05, 0) is 54.3 Å². The van der Waals surface area contributed by atoms with Crippen molar-refractivity contribution in [3.05, 3.63) is 36.4 Å². The van der Waals surface area contributed by atoms with Crippen molar-refractivity contribution in [2.45, 2.75) is 42.4 Å². The van der Waals surface area contributed by atoms with Crippen molar-refractivity contribution in [3.63, 3.8) is 0 Å². The number of ether oxygens (including phenoxy) is 2. The predicted octanol–water partition coefficient (Wildman–Crippen LogP) is 5.09. The van der Waals surface area contributed by atoms with E-state index in [0.29, 0.717) is 35.5 Å². The Morgan fingerprint density at radius 1 is 1.07 bits per heavy atom. The van der Waals surface area contributed by atoms with E-state index >= 15 is 0 Å². The van der Waals surface area contributed by atoms with Crippen LogP contribution in [0.25, 0.3) is 10.8 Å². The van der Waals surface area contributed by atoms with Crippen LogP contribution in [0.2, 0.25) is 0 Å². The Balaban J connectivity index is 1.72. The SMILES string of the molecule is O=S(=O)(OS1(c2cccc3cc(OC4CCCO4)ccc23)CCCC1)C(F)(F)F. The van der Waals surface area contributed by atoms with E-state index < -0.39 is 25.9 Å². The molecule has 4 rings (SSSR count). The average molecular weight is 451 g/mol. The molecular weight excluding hydrogens is 429 g/mol. The fourth-order valence-corrected chi connectivity index (χ4v) is 9.15. The van der Waals surface area contributed by atoms with Gasteiger partial charge in [-0.1, -0.05) is 22.4 Å². The summed E-state index contributed by atoms with van der Waals surface area (Å²) in [6.45, 7) is 0.652. The van der Waals surface area contributed by atoms with Crippen LogP contribution in [0.15, 0.2) is 41.3 Å². The maximum absolute atomic E-state index is 13.0. The summed E-state index contributed by atoms with van der Waals surface area (Å²) in [5.41, 5.74) is -5.44. The largest absolute Gasteiger partial charge is 0.523 e. The van der Waals surface area contributed by atoms with Crippen LogP contribution in [0.1, 0.15) is 25.7 Å². The number of rotatable bonds is 5. The van der Waals surface area contributed by atoms with Crippen LogP contribution in [-0.2, 0) is 18.5 Å². The molecule has 0 aromatic heterocycles. The lowest BCUT2D eigenvalue weighted by atomic mass is 10.1. The summed E-state index contributed by atoms with van der Waals surface area (Å²) >= 11 is 0. The van der Waals surface area contributed by atoms with Crippen LogP contribution >= 0.6 is 10.3 Å². The van der Waals surface area contributed by atoms with Crippen LogP contribution in [0, 0.1) is 0 Å². The Labute approximate surface area is 168 Å². The second-order valence-electron chi connectivity index (χ2n) is 7.09. The minimum absolute atomic E-state index is 0.287. The summed E-state index contributed by atoms with van der Waals surface area (Å²) in [4.78, 5) is 0.531. The zero-order chi connectivity index (χ0) is 20.7. The monoisotopic (exact) mass is 450 g/mol. The van der Waals surface area contributed by atoms with Gasteiger partial charge in [0.2, 0.25) is 0 Å². The minimum atomic E-state index is -5.68. The summed E-state index contributed by atoms with van der Waals surface area (Å²) < 4.78 is 78.9. The van der Waals surface area contributed by atoms with E-state index in [4.69, 9.17) is 13.1 Å². The highest BCUT2D eigenvalue weighted by atomic mass is 32.3. The van der Waals surface area contributed by atoms with Crippen LogP contribution in [0.5, 0.6) is 5.75 Å². The first kappa shape index (κ1) is 20.8. The molecular formula is C19H21F3O5S2. The number of hydrogen-bond acceptors (Lipinski definition) is 5. The van der Waals surface area contributed by atoms with Gasteiger partial charge in [0.05, 0.1) is 6.61 Å². The lowest BCUT2D eigenvalue weighted by molar-refractivity contribution is -0.0496. The topological polar surface area (TPSA) is 61.8 Å². The number of fused-ring (bicyclic) bond motifs is 1. The molecule has 160 valence electrons. The lowest BCUT2D eigenvalue weighted by Crippen LogP contribution is -2.27. The Morgan fingerprint density at radius 3 is 2.48 bits per heavy atom. The van der Waals surface area contributed by atoms with E-state index in [0.717, 1.165) is 18.2 Å². The molecule has 2 aliphatic rings. The van der Waals surface area contributed by atoms with E-state index in [2.05, 4.69) is 0 Å². The van der Waals surface area contributed by atoms with Crippen LogP contribution in [-0.4, -0.2) is 38.3 Å². The molecule has 2 heterocycles. The zero-order valence-corrected chi connectivity index (χ0v) is 17.1. The molecule has 2 saturated heterocycles. The van der Waals surface area contributed by atoms with Crippen molar-refractivity contribution in [1.29, 1.82) is 0 Å². The maximum Gasteiger partial charge on any atom is 0.523 e. The third-order valence-corrected chi connectivity index (χ3v) is 10.4. The van der Waals surface area contributed by atoms with E-state index in [1.165, 1.54) is 0 Å². The summed E-state index contributed by atoms with van der Waals surface area (Å²) in [5, 5.41) is 1.44.